The molecule has 5 aromatic rings. The molecule has 6 rings (SSSR count). The Kier molecular flexibility index (Phi) is 4.79. The van der Waals surface area contributed by atoms with E-state index in [9.17, 15) is 0 Å². The van der Waals surface area contributed by atoms with Gasteiger partial charge in [0, 0.05) is 31.9 Å². The zero-order chi connectivity index (χ0) is 25.5. The molecule has 0 radical (unpaired) electrons. The molecule has 10 heteroatoms. The van der Waals surface area contributed by atoms with Gasteiger partial charge in [-0.15, -0.1) is 0 Å². The highest BCUT2D eigenvalue weighted by atomic mass is 16.5. The fourth-order valence-electron chi connectivity index (χ4n) is 4.03. The summed E-state index contributed by atoms with van der Waals surface area (Å²) in [4.78, 5) is 23.7. The summed E-state index contributed by atoms with van der Waals surface area (Å²) in [5.41, 5.74) is 4.15. The first-order valence-corrected chi connectivity index (χ1v) is 11.3. The first-order valence-electron chi connectivity index (χ1n) is 12.3. The van der Waals surface area contributed by atoms with E-state index < -0.39 is 0 Å². The molecule has 1 aliphatic rings. The number of aromatic nitrogens is 6. The van der Waals surface area contributed by atoms with E-state index in [0.29, 0.717) is 55.1 Å². The van der Waals surface area contributed by atoms with Crippen LogP contribution < -0.4 is 15.0 Å². The van der Waals surface area contributed by atoms with Crippen LogP contribution in [0.5, 0.6) is 11.5 Å². The minimum absolute atomic E-state index is 0.0461. The van der Waals surface area contributed by atoms with E-state index in [1.54, 1.807) is 6.33 Å². The van der Waals surface area contributed by atoms with E-state index >= 15 is 0 Å². The Morgan fingerprint density at radius 3 is 2.77 bits per heavy atom. The summed E-state index contributed by atoms with van der Waals surface area (Å²) in [6.07, 6.45) is 1.51. The van der Waals surface area contributed by atoms with Crippen LogP contribution in [0.4, 0.5) is 17.5 Å². The van der Waals surface area contributed by atoms with Gasteiger partial charge in [-0.25, -0.2) is 24.9 Å². The number of imidazole rings is 1. The molecule has 0 amide bonds. The van der Waals surface area contributed by atoms with Gasteiger partial charge in [0.25, 0.3) is 0 Å². The first-order chi connectivity index (χ1) is 17.9. The zero-order valence-corrected chi connectivity index (χ0v) is 19.3. The molecule has 0 spiro atoms. The van der Waals surface area contributed by atoms with E-state index in [-0.39, 0.29) is 18.0 Å². The lowest BCUT2D eigenvalue weighted by atomic mass is 10.2. The highest BCUT2D eigenvalue weighted by molar-refractivity contribution is 5.87. The lowest BCUT2D eigenvalue weighted by molar-refractivity contribution is 0.122. The second-order valence-corrected chi connectivity index (χ2v) is 8.32. The minimum atomic E-state index is -0.215. The maximum absolute atomic E-state index is 8.38. The summed E-state index contributed by atoms with van der Waals surface area (Å²) in [5, 5.41) is 3.25. The van der Waals surface area contributed by atoms with Crippen molar-refractivity contribution in [3.63, 3.8) is 0 Å². The number of nitrogens with zero attached hydrogens (tertiary/aromatic N) is 7. The summed E-state index contributed by atoms with van der Waals surface area (Å²) in [6, 6.07) is 11.5. The third-order valence-corrected chi connectivity index (χ3v) is 5.90. The van der Waals surface area contributed by atoms with E-state index in [1.165, 1.54) is 0 Å². The topological polar surface area (TPSA) is 103 Å². The number of ether oxygens (including phenoxy) is 2. The number of aryl methyl sites for hydroxylation is 2. The van der Waals surface area contributed by atoms with E-state index in [4.69, 9.17) is 12.2 Å². The molecule has 0 saturated carbocycles. The summed E-state index contributed by atoms with van der Waals surface area (Å²) >= 11 is 0. The third kappa shape index (κ3) is 4.19. The molecule has 2 aromatic carbocycles. The number of benzene rings is 2. The van der Waals surface area contributed by atoms with Crippen molar-refractivity contribution in [1.82, 2.24) is 29.5 Å². The van der Waals surface area contributed by atoms with Crippen molar-refractivity contribution >= 4 is 39.5 Å². The molecule has 176 valence electrons. The molecule has 1 N–H and O–H groups in total. The molecule has 0 unspecified atom stereocenters. The lowest BCUT2D eigenvalue weighted by Gasteiger charge is -2.26. The molecule has 0 aliphatic carbocycles. The van der Waals surface area contributed by atoms with Gasteiger partial charge in [-0.3, -0.25) is 0 Å². The van der Waals surface area contributed by atoms with Crippen molar-refractivity contribution in [2.24, 2.45) is 7.05 Å². The van der Waals surface area contributed by atoms with Gasteiger partial charge < -0.3 is 24.3 Å². The van der Waals surface area contributed by atoms with Crippen LogP contribution in [-0.4, -0.2) is 55.8 Å². The van der Waals surface area contributed by atoms with Gasteiger partial charge in [0.05, 0.1) is 38.1 Å². The Labute approximate surface area is 204 Å². The van der Waals surface area contributed by atoms with Gasteiger partial charge in [0.15, 0.2) is 5.82 Å². The number of hydrogen-bond acceptors (Lipinski definition) is 9. The first kappa shape index (κ1) is 19.0. The normalized spacial score (nSPS) is 14.7. The molecular formula is C25H24N8O2. The van der Waals surface area contributed by atoms with Crippen LogP contribution in [-0.2, 0) is 11.8 Å². The maximum atomic E-state index is 8.38. The van der Waals surface area contributed by atoms with Gasteiger partial charge in [0.1, 0.15) is 30.2 Å². The van der Waals surface area contributed by atoms with E-state index in [2.05, 4.69) is 30.2 Å². The maximum Gasteiger partial charge on any atom is 0.226 e. The van der Waals surface area contributed by atoms with Crippen LogP contribution in [0, 0.1) is 6.92 Å². The second kappa shape index (κ2) is 8.80. The van der Waals surface area contributed by atoms with E-state index in [0.717, 1.165) is 22.3 Å². The van der Waals surface area contributed by atoms with E-state index in [1.807, 2.05) is 59.8 Å². The Balaban J connectivity index is 1.29. The van der Waals surface area contributed by atoms with Crippen LogP contribution >= 0.6 is 0 Å². The molecule has 10 nitrogen and oxygen atoms in total. The number of hydrogen-bond donors (Lipinski definition) is 1. The SMILES string of the molecule is [2H]c1nc(Nc2ccc(Oc3ccc4c(c3)ncn4C)c(C)c2)c2nc(N3CCOCC3)nc([2H])c2n1. The van der Waals surface area contributed by atoms with Crippen molar-refractivity contribution in [3.05, 3.63) is 60.8 Å². The Morgan fingerprint density at radius 1 is 1.03 bits per heavy atom. The Bertz CT molecular complexity index is 1630. The monoisotopic (exact) mass is 470 g/mol. The van der Waals surface area contributed by atoms with Crippen LogP contribution in [0.1, 0.15) is 8.30 Å². The summed E-state index contributed by atoms with van der Waals surface area (Å²) < 4.78 is 29.9. The highest BCUT2D eigenvalue weighted by Crippen LogP contribution is 2.31. The fourth-order valence-corrected chi connectivity index (χ4v) is 4.03. The number of anilines is 3. The van der Waals surface area contributed by atoms with Crippen molar-refractivity contribution in [1.29, 1.82) is 0 Å². The molecule has 1 fully saturated rings. The standard InChI is InChI=1S/C25H24N8O2/c1-16-11-17(3-6-22(16)35-18-4-5-21-19(12-18)29-15-32(21)2)30-24-23-20(27-14-28-24)13-26-25(31-23)33-7-9-34-10-8-33/h3-6,11-15H,7-10H2,1-2H3,(H,27,28,30)/i13D,14D. The predicted octanol–water partition coefficient (Wildman–Crippen LogP) is 3.99. The minimum Gasteiger partial charge on any atom is -0.457 e. The summed E-state index contributed by atoms with van der Waals surface area (Å²) in [5.74, 6) is 2.18. The van der Waals surface area contributed by atoms with Gasteiger partial charge in [0.2, 0.25) is 5.95 Å². The van der Waals surface area contributed by atoms with Crippen molar-refractivity contribution < 1.29 is 12.2 Å². The predicted molar refractivity (Wildman–Crippen MR) is 133 cm³/mol. The molecular weight excluding hydrogens is 444 g/mol. The molecule has 35 heavy (non-hydrogen) atoms. The number of nitrogens with one attached hydrogen (secondary N) is 1. The van der Waals surface area contributed by atoms with Crippen LogP contribution in [0.25, 0.3) is 22.1 Å². The molecule has 4 heterocycles. The van der Waals surface area contributed by atoms with Crippen molar-refractivity contribution in [3.8, 4) is 11.5 Å². The smallest absolute Gasteiger partial charge is 0.226 e. The average Bonchev–Trinajstić information content (AvgIpc) is 3.26. The summed E-state index contributed by atoms with van der Waals surface area (Å²) in [6.45, 7) is 4.38. The molecule has 0 bridgehead atoms. The van der Waals surface area contributed by atoms with Gasteiger partial charge in [-0.2, -0.15) is 0 Å². The molecule has 1 aliphatic heterocycles. The Morgan fingerprint density at radius 2 is 1.91 bits per heavy atom. The van der Waals surface area contributed by atoms with Gasteiger partial charge in [-0.1, -0.05) is 0 Å². The number of morpholine rings is 1. The van der Waals surface area contributed by atoms with Crippen molar-refractivity contribution in [2.45, 2.75) is 6.92 Å². The van der Waals surface area contributed by atoms with Crippen LogP contribution in [0.3, 0.4) is 0 Å². The molecule has 0 atom stereocenters. The number of fused-ring (bicyclic) bond motifs is 2. The quantitative estimate of drug-likeness (QED) is 0.408. The zero-order valence-electron chi connectivity index (χ0n) is 21.3. The Hall–Kier alpha value is -4.31. The average molecular weight is 471 g/mol. The van der Waals surface area contributed by atoms with Crippen LogP contribution in [0.15, 0.2) is 55.2 Å². The largest absolute Gasteiger partial charge is 0.457 e. The van der Waals surface area contributed by atoms with Gasteiger partial charge in [-0.05, 0) is 42.8 Å². The summed E-state index contributed by atoms with van der Waals surface area (Å²) in [7, 11) is 1.95. The molecule has 3 aromatic heterocycles. The number of rotatable bonds is 5. The second-order valence-electron chi connectivity index (χ2n) is 8.32. The third-order valence-electron chi connectivity index (χ3n) is 5.90. The van der Waals surface area contributed by atoms with Crippen LogP contribution in [0.2, 0.25) is 0 Å². The highest BCUT2D eigenvalue weighted by Gasteiger charge is 2.16. The lowest BCUT2D eigenvalue weighted by Crippen LogP contribution is -2.37. The van der Waals surface area contributed by atoms with Crippen molar-refractivity contribution in [2.75, 3.05) is 36.5 Å². The fraction of sp³-hybridized carbons (Fsp3) is 0.240. The molecule has 1 saturated heterocycles. The van der Waals surface area contributed by atoms with Gasteiger partial charge >= 0.3 is 0 Å².